The average Bonchev–Trinajstić information content (AvgIpc) is 3.52. The molecule has 3 nitrogen and oxygen atoms in total. The fourth-order valence-electron chi connectivity index (χ4n) is 11.3. The van der Waals surface area contributed by atoms with Gasteiger partial charge in [0.05, 0.1) is 0 Å². The summed E-state index contributed by atoms with van der Waals surface area (Å²) in [6.45, 7) is 5.40. The Morgan fingerprint density at radius 3 is 0.379 bits per heavy atom. The van der Waals surface area contributed by atoms with Crippen LogP contribution in [0.1, 0.15) is 0 Å². The summed E-state index contributed by atoms with van der Waals surface area (Å²) >= 11 is 0. The van der Waals surface area contributed by atoms with Crippen LogP contribution in [0.3, 0.4) is 0 Å². The van der Waals surface area contributed by atoms with Crippen LogP contribution in [0.5, 0.6) is 0 Å². The zero-order chi connectivity index (χ0) is 44.5. The molecule has 0 radical (unpaired) electrons. The smallest absolute Gasteiger partial charge is 0.225 e. The van der Waals surface area contributed by atoms with Gasteiger partial charge in [0.1, 0.15) is 0 Å². The second-order valence-electron chi connectivity index (χ2n) is 17.4. The van der Waals surface area contributed by atoms with Gasteiger partial charge >= 0.3 is 0 Å². The largest absolute Gasteiger partial charge is 0.311 e. The molecule has 1 heterocycles. The quantitative estimate of drug-likeness (QED) is 0.112. The summed E-state index contributed by atoms with van der Waals surface area (Å²) < 4.78 is 9.00. The van der Waals surface area contributed by atoms with Crippen molar-refractivity contribution in [3.05, 3.63) is 273 Å². The zero-order valence-corrected chi connectivity index (χ0v) is 40.6. The average molecular weight is 904 g/mol. The zero-order valence-electron chi connectivity index (χ0n) is 37.6. The van der Waals surface area contributed by atoms with Gasteiger partial charge < -0.3 is 13.7 Å². The molecule has 1 fully saturated rings. The maximum Gasteiger partial charge on any atom is 0.225 e. The molecule has 324 valence electrons. The van der Waals surface area contributed by atoms with E-state index in [4.69, 9.17) is 0 Å². The first-order chi connectivity index (χ1) is 32.8. The van der Waals surface area contributed by atoms with Crippen LogP contribution >= 0.6 is 0 Å². The Morgan fingerprint density at radius 2 is 0.273 bits per heavy atom. The normalized spacial score (nSPS) is 14.7. The van der Waals surface area contributed by atoms with Crippen LogP contribution in [-0.2, 0) is 0 Å². The van der Waals surface area contributed by atoms with Crippen LogP contribution in [0.2, 0.25) is 0 Å². The molecule has 1 aliphatic rings. The minimum absolute atomic E-state index is 0.899. The third-order valence-corrected chi connectivity index (χ3v) is 28.8. The van der Waals surface area contributed by atoms with Crippen molar-refractivity contribution in [3.63, 3.8) is 0 Å². The monoisotopic (exact) mass is 903 g/mol. The second-order valence-corrected chi connectivity index (χ2v) is 28.7. The Balaban J connectivity index is 1.28. The van der Waals surface area contributed by atoms with Crippen molar-refractivity contribution in [2.24, 2.45) is 0 Å². The van der Waals surface area contributed by atoms with Crippen molar-refractivity contribution >= 4 is 71.4 Å². The number of hydrogen-bond acceptors (Lipinski definition) is 3. The highest BCUT2D eigenvalue weighted by Crippen LogP contribution is 2.22. The summed E-state index contributed by atoms with van der Waals surface area (Å²) in [5.74, 6) is 0. The number of benzene rings is 9. The molecule has 0 aromatic heterocycles. The van der Waals surface area contributed by atoms with Crippen LogP contribution in [0, 0.1) is 0 Å². The Kier molecular flexibility index (Phi) is 13.1. The minimum Gasteiger partial charge on any atom is -0.311 e. The summed E-state index contributed by atoms with van der Waals surface area (Å²) in [7, 11) is -8.83. The van der Waals surface area contributed by atoms with Crippen LogP contribution in [0.15, 0.2) is 273 Å². The Labute approximate surface area is 395 Å². The Bertz CT molecular complexity index is 2240. The van der Waals surface area contributed by atoms with Crippen LogP contribution in [0.4, 0.5) is 0 Å². The van der Waals surface area contributed by atoms with Crippen molar-refractivity contribution in [2.45, 2.75) is 0 Å². The second kappa shape index (κ2) is 19.9. The SMILES string of the molecule is c1ccc([Si](c2ccccc2)(c2ccccc2)N2CCN([Si](c3ccccc3)(c3ccccc3)c3ccccc3)CCN([Si](c3ccccc3)(c3ccccc3)c3ccccc3)CC2)cc1. The number of nitrogens with zero attached hydrogens (tertiary/aromatic N) is 3. The molecule has 10 rings (SSSR count). The number of hydrogen-bond donors (Lipinski definition) is 0. The molecule has 0 spiro atoms. The molecule has 0 atom stereocenters. The highest BCUT2D eigenvalue weighted by Gasteiger charge is 2.52. The molecule has 9 aromatic carbocycles. The lowest BCUT2D eigenvalue weighted by atomic mass is 10.3. The fourth-order valence-corrected chi connectivity index (χ4v) is 26.3. The van der Waals surface area contributed by atoms with Crippen molar-refractivity contribution in [3.8, 4) is 0 Å². The van der Waals surface area contributed by atoms with Gasteiger partial charge in [0, 0.05) is 39.3 Å². The van der Waals surface area contributed by atoms with E-state index < -0.39 is 24.7 Å². The lowest BCUT2D eigenvalue weighted by molar-refractivity contribution is 0.377. The van der Waals surface area contributed by atoms with Crippen molar-refractivity contribution < 1.29 is 0 Å². The van der Waals surface area contributed by atoms with Gasteiger partial charge in [-0.15, -0.1) is 0 Å². The van der Waals surface area contributed by atoms with Crippen LogP contribution in [0.25, 0.3) is 0 Å². The van der Waals surface area contributed by atoms with Crippen molar-refractivity contribution in [1.82, 2.24) is 13.7 Å². The van der Waals surface area contributed by atoms with Gasteiger partial charge in [-0.25, -0.2) is 0 Å². The maximum absolute atomic E-state index is 3.00. The topological polar surface area (TPSA) is 9.72 Å². The molecule has 0 bridgehead atoms. The minimum atomic E-state index is -2.94. The lowest BCUT2D eigenvalue weighted by Gasteiger charge is -2.47. The maximum atomic E-state index is 3.00. The molecule has 0 aliphatic carbocycles. The van der Waals surface area contributed by atoms with Crippen molar-refractivity contribution in [1.29, 1.82) is 0 Å². The van der Waals surface area contributed by atoms with E-state index in [0.717, 1.165) is 39.3 Å². The molecule has 0 saturated carbocycles. The molecule has 1 saturated heterocycles. The Hall–Kier alpha value is -6.49. The first-order valence-corrected chi connectivity index (χ1v) is 29.4. The van der Waals surface area contributed by atoms with Crippen LogP contribution < -0.4 is 46.7 Å². The molecule has 6 heteroatoms. The summed E-state index contributed by atoms with van der Waals surface area (Å²) in [6, 6.07) is 104. The lowest BCUT2D eigenvalue weighted by Crippen LogP contribution is -2.80. The number of rotatable bonds is 12. The third-order valence-electron chi connectivity index (χ3n) is 14.1. The summed E-state index contributed by atoms with van der Waals surface area (Å²) in [5, 5.41) is 12.7. The molecule has 1 aliphatic heterocycles. The highest BCUT2D eigenvalue weighted by atomic mass is 28.3. The highest BCUT2D eigenvalue weighted by molar-refractivity contribution is 7.11. The van der Waals surface area contributed by atoms with E-state index in [1.54, 1.807) is 0 Å². The predicted octanol–water partition coefficient (Wildman–Crippen LogP) is 5.91. The first-order valence-electron chi connectivity index (χ1n) is 23.5. The molecule has 0 unspecified atom stereocenters. The predicted molar refractivity (Wildman–Crippen MR) is 287 cm³/mol. The molecular weight excluding hydrogens is 847 g/mol. The van der Waals surface area contributed by atoms with E-state index in [0.29, 0.717) is 0 Å². The molecule has 66 heavy (non-hydrogen) atoms. The third kappa shape index (κ3) is 7.90. The van der Waals surface area contributed by atoms with Gasteiger partial charge in [-0.3, -0.25) is 0 Å². The van der Waals surface area contributed by atoms with E-state index in [2.05, 4.69) is 287 Å². The first kappa shape index (κ1) is 43.4. The Morgan fingerprint density at radius 1 is 0.167 bits per heavy atom. The van der Waals surface area contributed by atoms with Gasteiger partial charge in [-0.1, -0.05) is 273 Å². The summed E-state index contributed by atoms with van der Waals surface area (Å²) in [6.07, 6.45) is 0. The standard InChI is InChI=1S/C60H57N3Si3/c1-10-28-52(29-11-1)64(53-30-12-2-13-31-53,54-32-14-3-15-33-54)61-46-48-62(65(55-34-16-4-17-35-55,56-36-18-5-19-37-56)57-38-20-6-21-39-57)50-51-63(49-47-61)66(58-40-22-7-23-41-58,59-42-24-8-25-43-59)60-44-26-9-27-45-60/h1-45H,46-51H2. The van der Waals surface area contributed by atoms with Gasteiger partial charge in [0.2, 0.25) is 24.7 Å². The van der Waals surface area contributed by atoms with E-state index in [1.807, 2.05) is 0 Å². The van der Waals surface area contributed by atoms with Gasteiger partial charge in [-0.2, -0.15) is 0 Å². The fraction of sp³-hybridized carbons (Fsp3) is 0.100. The van der Waals surface area contributed by atoms with E-state index in [9.17, 15) is 0 Å². The summed E-state index contributed by atoms with van der Waals surface area (Å²) in [4.78, 5) is 0. The van der Waals surface area contributed by atoms with Gasteiger partial charge in [-0.05, 0) is 46.7 Å². The van der Waals surface area contributed by atoms with Crippen LogP contribution in [-0.4, -0.2) is 77.7 Å². The molecule has 9 aromatic rings. The van der Waals surface area contributed by atoms with E-state index in [1.165, 1.54) is 46.7 Å². The van der Waals surface area contributed by atoms with Crippen molar-refractivity contribution in [2.75, 3.05) is 39.3 Å². The van der Waals surface area contributed by atoms with Gasteiger partial charge in [0.25, 0.3) is 0 Å². The molecular formula is C60H57N3Si3. The van der Waals surface area contributed by atoms with E-state index >= 15 is 0 Å². The molecule has 0 N–H and O–H groups in total. The molecule has 0 amide bonds. The summed E-state index contributed by atoms with van der Waals surface area (Å²) in [5.41, 5.74) is 0. The van der Waals surface area contributed by atoms with E-state index in [-0.39, 0.29) is 0 Å². The van der Waals surface area contributed by atoms with Gasteiger partial charge in [0.15, 0.2) is 0 Å².